The number of phosphoric ester groups is 1. The Morgan fingerprint density at radius 3 is 1.45 bits per heavy atom. The van der Waals surface area contributed by atoms with E-state index in [0.717, 1.165) is 57.8 Å². The monoisotopic (exact) mass is 749 g/mol. The van der Waals surface area contributed by atoms with Crippen molar-refractivity contribution < 1.29 is 47.8 Å². The molecule has 0 amide bonds. The summed E-state index contributed by atoms with van der Waals surface area (Å²) in [5.74, 6) is -0.927. The maximum absolute atomic E-state index is 12.5. The van der Waals surface area contributed by atoms with Crippen molar-refractivity contribution in [3.63, 3.8) is 0 Å². The second kappa shape index (κ2) is 37.0. The summed E-state index contributed by atoms with van der Waals surface area (Å²) in [5, 5.41) is 18.3. The summed E-state index contributed by atoms with van der Waals surface area (Å²) in [4.78, 5) is 34.9. The lowest BCUT2D eigenvalue weighted by Gasteiger charge is -2.20. The third-order valence-corrected chi connectivity index (χ3v) is 9.87. The number of aliphatic hydroxyl groups is 2. The molecule has 0 aliphatic heterocycles. The molecule has 10 nitrogen and oxygen atoms in total. The quantitative estimate of drug-likeness (QED) is 0.0240. The second-order valence-electron chi connectivity index (χ2n) is 14.0. The van der Waals surface area contributed by atoms with E-state index in [9.17, 15) is 24.2 Å². The molecule has 0 aromatic heterocycles. The summed E-state index contributed by atoms with van der Waals surface area (Å²) in [6.45, 7) is 2.36. The van der Waals surface area contributed by atoms with E-state index in [1.807, 2.05) is 0 Å². The van der Waals surface area contributed by atoms with E-state index >= 15 is 0 Å². The van der Waals surface area contributed by atoms with E-state index < -0.39 is 51.8 Å². The number of ether oxygens (including phenoxy) is 2. The molecule has 11 heteroatoms. The minimum Gasteiger partial charge on any atom is -0.462 e. The van der Waals surface area contributed by atoms with Gasteiger partial charge in [0.15, 0.2) is 6.10 Å². The molecule has 0 radical (unpaired) electrons. The van der Waals surface area contributed by atoms with Crippen LogP contribution in [0.4, 0.5) is 0 Å². The topological polar surface area (TPSA) is 149 Å². The van der Waals surface area contributed by atoms with Gasteiger partial charge in [0.05, 0.1) is 19.8 Å². The molecular formula is C40H77O10P. The zero-order valence-corrected chi connectivity index (χ0v) is 33.5. The SMILES string of the molecule is CCCCC/C=C\CCCCCCCC(=O)OC(COC(=O)CCCCCCCCCCCCCCCCCC)COP(=O)(O)OCC(O)CO. The lowest BCUT2D eigenvalue weighted by Crippen LogP contribution is -2.29. The van der Waals surface area contributed by atoms with Gasteiger partial charge < -0.3 is 24.6 Å². The summed E-state index contributed by atoms with van der Waals surface area (Å²) >= 11 is 0. The van der Waals surface area contributed by atoms with Crippen LogP contribution in [0, 0.1) is 0 Å². The van der Waals surface area contributed by atoms with Crippen molar-refractivity contribution in [3.8, 4) is 0 Å². The number of hydrogen-bond acceptors (Lipinski definition) is 9. The maximum atomic E-state index is 12.5. The zero-order valence-electron chi connectivity index (χ0n) is 32.6. The average Bonchev–Trinajstić information content (AvgIpc) is 3.12. The van der Waals surface area contributed by atoms with E-state index in [0.29, 0.717) is 12.8 Å². The van der Waals surface area contributed by atoms with E-state index in [1.165, 1.54) is 96.3 Å². The van der Waals surface area contributed by atoms with Gasteiger partial charge in [0.1, 0.15) is 12.7 Å². The van der Waals surface area contributed by atoms with E-state index in [4.69, 9.17) is 19.1 Å². The largest absolute Gasteiger partial charge is 0.472 e. The van der Waals surface area contributed by atoms with E-state index in [1.54, 1.807) is 0 Å². The molecule has 3 atom stereocenters. The molecule has 0 saturated heterocycles. The van der Waals surface area contributed by atoms with Crippen LogP contribution in [-0.4, -0.2) is 65.7 Å². The van der Waals surface area contributed by atoms with Crippen molar-refractivity contribution in [2.24, 2.45) is 0 Å². The third-order valence-electron chi connectivity index (χ3n) is 8.92. The second-order valence-corrected chi connectivity index (χ2v) is 15.5. The number of aliphatic hydroxyl groups excluding tert-OH is 2. The molecule has 51 heavy (non-hydrogen) atoms. The van der Waals surface area contributed by atoms with Crippen LogP contribution in [-0.2, 0) is 32.7 Å². The maximum Gasteiger partial charge on any atom is 0.472 e. The number of phosphoric acid groups is 1. The average molecular weight is 749 g/mol. The fraction of sp³-hybridized carbons (Fsp3) is 0.900. The van der Waals surface area contributed by atoms with Gasteiger partial charge in [-0.25, -0.2) is 4.57 Å². The molecule has 3 unspecified atom stereocenters. The first-order chi connectivity index (χ1) is 24.7. The third kappa shape index (κ3) is 36.8. The fourth-order valence-corrected chi connectivity index (χ4v) is 6.48. The number of carbonyl (C=O) groups excluding carboxylic acids is 2. The van der Waals surface area contributed by atoms with Crippen LogP contribution in [0.2, 0.25) is 0 Å². The van der Waals surface area contributed by atoms with Crippen molar-refractivity contribution in [3.05, 3.63) is 12.2 Å². The molecule has 0 rings (SSSR count). The van der Waals surface area contributed by atoms with Crippen molar-refractivity contribution in [1.82, 2.24) is 0 Å². The molecule has 3 N–H and O–H groups in total. The number of rotatable bonds is 39. The molecule has 0 spiro atoms. The Hall–Kier alpha value is -1.29. The minimum absolute atomic E-state index is 0.178. The molecule has 0 aromatic rings. The summed E-state index contributed by atoms with van der Waals surface area (Å²) in [7, 11) is -4.61. The Bertz CT molecular complexity index is 868. The fourth-order valence-electron chi connectivity index (χ4n) is 5.69. The van der Waals surface area contributed by atoms with Gasteiger partial charge in [-0.05, 0) is 38.5 Å². The number of esters is 2. The van der Waals surface area contributed by atoms with Crippen LogP contribution in [0.5, 0.6) is 0 Å². The number of hydrogen-bond donors (Lipinski definition) is 3. The van der Waals surface area contributed by atoms with Crippen LogP contribution >= 0.6 is 7.82 Å². The van der Waals surface area contributed by atoms with Crippen molar-refractivity contribution >= 4 is 19.8 Å². The minimum atomic E-state index is -4.61. The van der Waals surface area contributed by atoms with Crippen molar-refractivity contribution in [2.45, 2.75) is 206 Å². The Balaban J connectivity index is 4.28. The van der Waals surface area contributed by atoms with Gasteiger partial charge >= 0.3 is 19.8 Å². The van der Waals surface area contributed by atoms with Crippen LogP contribution < -0.4 is 0 Å². The first kappa shape index (κ1) is 49.7. The molecule has 302 valence electrons. The Kier molecular flexibility index (Phi) is 36.1. The summed E-state index contributed by atoms with van der Waals surface area (Å²) in [6.07, 6.45) is 33.2. The number of allylic oxidation sites excluding steroid dienone is 2. The highest BCUT2D eigenvalue weighted by atomic mass is 31.2. The van der Waals surface area contributed by atoms with Gasteiger partial charge in [0.2, 0.25) is 0 Å². The molecule has 0 aromatic carbocycles. The van der Waals surface area contributed by atoms with Crippen LogP contribution in [0.15, 0.2) is 12.2 Å². The van der Waals surface area contributed by atoms with Gasteiger partial charge in [-0.15, -0.1) is 0 Å². The molecule has 0 saturated carbocycles. The number of unbranched alkanes of at least 4 members (excludes halogenated alkanes) is 23. The Morgan fingerprint density at radius 2 is 0.961 bits per heavy atom. The Morgan fingerprint density at radius 1 is 0.569 bits per heavy atom. The number of carbonyl (C=O) groups is 2. The van der Waals surface area contributed by atoms with E-state index in [2.05, 4.69) is 30.5 Å². The summed E-state index contributed by atoms with van der Waals surface area (Å²) in [6, 6.07) is 0. The summed E-state index contributed by atoms with van der Waals surface area (Å²) in [5.41, 5.74) is 0. The first-order valence-electron chi connectivity index (χ1n) is 20.6. The molecular weight excluding hydrogens is 671 g/mol. The molecule has 0 bridgehead atoms. The zero-order chi connectivity index (χ0) is 37.7. The highest BCUT2D eigenvalue weighted by Crippen LogP contribution is 2.43. The predicted molar refractivity (Wildman–Crippen MR) is 205 cm³/mol. The highest BCUT2D eigenvalue weighted by molar-refractivity contribution is 7.47. The molecule has 0 aliphatic rings. The van der Waals surface area contributed by atoms with Gasteiger partial charge in [0, 0.05) is 12.8 Å². The smallest absolute Gasteiger partial charge is 0.462 e. The summed E-state index contributed by atoms with van der Waals surface area (Å²) < 4.78 is 32.6. The van der Waals surface area contributed by atoms with Crippen LogP contribution in [0.1, 0.15) is 194 Å². The van der Waals surface area contributed by atoms with Crippen molar-refractivity contribution in [1.29, 1.82) is 0 Å². The van der Waals surface area contributed by atoms with Gasteiger partial charge in [0.25, 0.3) is 0 Å². The first-order valence-corrected chi connectivity index (χ1v) is 22.1. The molecule has 0 fully saturated rings. The van der Waals surface area contributed by atoms with E-state index in [-0.39, 0.29) is 19.4 Å². The van der Waals surface area contributed by atoms with Crippen LogP contribution in [0.25, 0.3) is 0 Å². The highest BCUT2D eigenvalue weighted by Gasteiger charge is 2.27. The van der Waals surface area contributed by atoms with Gasteiger partial charge in [-0.2, -0.15) is 0 Å². The standard InChI is InChI=1S/C40H77O10P/c1-3-5-7-9-11-13-15-17-18-19-20-22-23-25-27-29-31-39(43)47-35-38(36-49-51(45,46)48-34-37(42)33-41)50-40(44)32-30-28-26-24-21-16-14-12-10-8-6-4-2/h12,14,37-38,41-42H,3-11,13,15-36H2,1-2H3,(H,45,46)/b14-12-. The van der Waals surface area contributed by atoms with Gasteiger partial charge in [-0.1, -0.05) is 154 Å². The predicted octanol–water partition coefficient (Wildman–Crippen LogP) is 10.4. The van der Waals surface area contributed by atoms with Gasteiger partial charge in [-0.3, -0.25) is 18.6 Å². The molecule has 0 aliphatic carbocycles. The van der Waals surface area contributed by atoms with Crippen LogP contribution in [0.3, 0.4) is 0 Å². The lowest BCUT2D eigenvalue weighted by atomic mass is 10.0. The lowest BCUT2D eigenvalue weighted by molar-refractivity contribution is -0.161. The normalized spacial score (nSPS) is 14.1. The molecule has 0 heterocycles. The Labute approximate surface area is 311 Å². The van der Waals surface area contributed by atoms with Crippen molar-refractivity contribution in [2.75, 3.05) is 26.4 Å².